The molecule has 0 saturated carbocycles. The van der Waals surface area contributed by atoms with E-state index in [1.807, 2.05) is 36.2 Å². The Balaban J connectivity index is 2.07. The first-order valence-electron chi connectivity index (χ1n) is 4.88. The van der Waals surface area contributed by atoms with Gasteiger partial charge in [0, 0.05) is 31.8 Å². The number of hydrogen-bond donors (Lipinski definition) is 0. The third-order valence-electron chi connectivity index (χ3n) is 2.21. The topological polar surface area (TPSA) is 48.0 Å². The van der Waals surface area contributed by atoms with Crippen molar-refractivity contribution >= 4 is 33.3 Å². The van der Waals surface area contributed by atoms with Crippen LogP contribution in [0.5, 0.6) is 0 Å². The van der Waals surface area contributed by atoms with Crippen LogP contribution >= 0.6 is 27.7 Å². The molecule has 3 heterocycles. The second-order valence-corrected chi connectivity index (χ2v) is 5.35. The highest BCUT2D eigenvalue weighted by atomic mass is 79.9. The molecular weight excluding hydrogens is 302 g/mol. The molecular formula is C10H8BrN5S. The number of hydrogen-bond acceptors (Lipinski definition) is 4. The lowest BCUT2D eigenvalue weighted by Gasteiger charge is -2.01. The zero-order valence-corrected chi connectivity index (χ0v) is 11.3. The van der Waals surface area contributed by atoms with Gasteiger partial charge in [0.05, 0.1) is 11.1 Å². The highest BCUT2D eigenvalue weighted by molar-refractivity contribution is 9.10. The van der Waals surface area contributed by atoms with Crippen LogP contribution in [0.1, 0.15) is 0 Å². The van der Waals surface area contributed by atoms with Gasteiger partial charge in [-0.3, -0.25) is 4.68 Å². The molecule has 0 amide bonds. The molecule has 0 aliphatic heterocycles. The van der Waals surface area contributed by atoms with Crippen molar-refractivity contribution in [1.82, 2.24) is 24.1 Å². The molecule has 86 valence electrons. The van der Waals surface area contributed by atoms with Gasteiger partial charge in [0.1, 0.15) is 9.63 Å². The van der Waals surface area contributed by atoms with E-state index in [2.05, 4.69) is 31.0 Å². The Labute approximate surface area is 110 Å². The summed E-state index contributed by atoms with van der Waals surface area (Å²) in [5.74, 6) is 0. The van der Waals surface area contributed by atoms with E-state index < -0.39 is 0 Å². The summed E-state index contributed by atoms with van der Waals surface area (Å²) in [5.41, 5.74) is 0.849. The van der Waals surface area contributed by atoms with Gasteiger partial charge in [-0.15, -0.1) is 0 Å². The van der Waals surface area contributed by atoms with E-state index in [1.165, 1.54) is 0 Å². The maximum atomic E-state index is 4.44. The van der Waals surface area contributed by atoms with Gasteiger partial charge in [-0.05, 0) is 15.9 Å². The Kier molecular flexibility index (Phi) is 2.64. The summed E-state index contributed by atoms with van der Waals surface area (Å²) in [6.45, 7) is 0. The van der Waals surface area contributed by atoms with E-state index in [4.69, 9.17) is 0 Å². The molecule has 0 aliphatic rings. The van der Waals surface area contributed by atoms with Gasteiger partial charge in [-0.2, -0.15) is 5.10 Å². The monoisotopic (exact) mass is 309 g/mol. The van der Waals surface area contributed by atoms with E-state index in [-0.39, 0.29) is 0 Å². The normalized spacial score (nSPS) is 11.2. The van der Waals surface area contributed by atoms with Gasteiger partial charge in [-0.25, -0.2) is 9.97 Å². The van der Waals surface area contributed by atoms with Crippen molar-refractivity contribution in [2.24, 2.45) is 7.05 Å². The fourth-order valence-electron chi connectivity index (χ4n) is 1.51. The quantitative estimate of drug-likeness (QED) is 0.729. The molecule has 7 heteroatoms. The summed E-state index contributed by atoms with van der Waals surface area (Å²) < 4.78 is 4.49. The molecule has 17 heavy (non-hydrogen) atoms. The maximum Gasteiger partial charge on any atom is 0.170 e. The van der Waals surface area contributed by atoms with Crippen molar-refractivity contribution in [2.75, 3.05) is 0 Å². The van der Waals surface area contributed by atoms with E-state index in [9.17, 15) is 0 Å². The first-order chi connectivity index (χ1) is 8.22. The minimum Gasteiger partial charge on any atom is -0.302 e. The van der Waals surface area contributed by atoms with Gasteiger partial charge in [0.25, 0.3) is 0 Å². The van der Waals surface area contributed by atoms with Crippen LogP contribution in [0.3, 0.4) is 0 Å². The molecule has 0 saturated heterocycles. The zero-order chi connectivity index (χ0) is 11.8. The smallest absolute Gasteiger partial charge is 0.170 e. The van der Waals surface area contributed by atoms with Crippen molar-refractivity contribution in [1.29, 1.82) is 0 Å². The average Bonchev–Trinajstić information content (AvgIpc) is 2.87. The van der Waals surface area contributed by atoms with Crippen molar-refractivity contribution in [2.45, 2.75) is 9.92 Å². The number of halogens is 1. The minimum absolute atomic E-state index is 0.786. The van der Waals surface area contributed by atoms with Crippen LogP contribution in [0.15, 0.2) is 45.5 Å². The predicted octanol–water partition coefficient (Wildman–Crippen LogP) is 2.38. The number of nitrogens with zero attached hydrogens (tertiary/aromatic N) is 5. The molecule has 0 bridgehead atoms. The first-order valence-corrected chi connectivity index (χ1v) is 6.49. The molecule has 3 aromatic heterocycles. The molecule has 0 N–H and O–H groups in total. The molecule has 3 aromatic rings. The van der Waals surface area contributed by atoms with E-state index >= 15 is 0 Å². The van der Waals surface area contributed by atoms with Crippen LogP contribution in [-0.4, -0.2) is 24.1 Å². The summed E-state index contributed by atoms with van der Waals surface area (Å²) >= 11 is 4.94. The highest BCUT2D eigenvalue weighted by Crippen LogP contribution is 2.29. The number of aryl methyl sites for hydroxylation is 1. The Morgan fingerprint density at radius 3 is 3.00 bits per heavy atom. The molecule has 0 aliphatic carbocycles. The summed E-state index contributed by atoms with van der Waals surface area (Å²) in [5, 5.41) is 4.99. The standard InChI is InChI=1S/C10H8BrN5S/c1-15-5-7(4-13-15)17-10-9-12-2-3-16(9)6-8(11)14-10/h2-6H,1H3. The lowest BCUT2D eigenvalue weighted by Crippen LogP contribution is -1.91. The third kappa shape index (κ3) is 2.07. The van der Waals surface area contributed by atoms with Crippen LogP contribution in [0.2, 0.25) is 0 Å². The highest BCUT2D eigenvalue weighted by Gasteiger charge is 2.09. The summed E-state index contributed by atoms with van der Waals surface area (Å²) in [7, 11) is 1.89. The lowest BCUT2D eigenvalue weighted by atomic mass is 10.7. The first kappa shape index (κ1) is 10.8. The summed E-state index contributed by atoms with van der Waals surface area (Å²) in [6, 6.07) is 0. The molecule has 0 spiro atoms. The fourth-order valence-corrected chi connectivity index (χ4v) is 2.94. The predicted molar refractivity (Wildman–Crippen MR) is 68.0 cm³/mol. The van der Waals surface area contributed by atoms with Crippen LogP contribution in [-0.2, 0) is 7.05 Å². The number of imidazole rings is 1. The summed E-state index contributed by atoms with van der Waals surface area (Å²) in [4.78, 5) is 9.78. The van der Waals surface area contributed by atoms with Crippen LogP contribution in [0.4, 0.5) is 0 Å². The molecule has 0 unspecified atom stereocenters. The lowest BCUT2D eigenvalue weighted by molar-refractivity contribution is 0.766. The zero-order valence-electron chi connectivity index (χ0n) is 8.91. The molecule has 0 fully saturated rings. The van der Waals surface area contributed by atoms with Crippen molar-refractivity contribution < 1.29 is 0 Å². The average molecular weight is 310 g/mol. The number of rotatable bonds is 2. The Morgan fingerprint density at radius 2 is 2.24 bits per heavy atom. The van der Waals surface area contributed by atoms with Gasteiger partial charge in [-0.1, -0.05) is 11.8 Å². The SMILES string of the molecule is Cn1cc(Sc2nc(Br)cn3ccnc23)cn1. The Bertz CT molecular complexity index is 674. The van der Waals surface area contributed by atoms with E-state index in [1.54, 1.807) is 22.6 Å². The largest absolute Gasteiger partial charge is 0.302 e. The van der Waals surface area contributed by atoms with Gasteiger partial charge in [0.15, 0.2) is 5.65 Å². The Morgan fingerprint density at radius 1 is 1.35 bits per heavy atom. The molecule has 3 rings (SSSR count). The van der Waals surface area contributed by atoms with Crippen LogP contribution < -0.4 is 0 Å². The molecule has 5 nitrogen and oxygen atoms in total. The molecule has 0 radical (unpaired) electrons. The van der Waals surface area contributed by atoms with Gasteiger partial charge in [0.2, 0.25) is 0 Å². The second-order valence-electron chi connectivity index (χ2n) is 3.48. The van der Waals surface area contributed by atoms with Crippen molar-refractivity contribution in [3.63, 3.8) is 0 Å². The van der Waals surface area contributed by atoms with E-state index in [0.29, 0.717) is 0 Å². The van der Waals surface area contributed by atoms with Crippen molar-refractivity contribution in [3.8, 4) is 0 Å². The third-order valence-corrected chi connectivity index (χ3v) is 3.51. The minimum atomic E-state index is 0.786. The van der Waals surface area contributed by atoms with Crippen LogP contribution in [0.25, 0.3) is 5.65 Å². The van der Waals surface area contributed by atoms with Gasteiger partial charge < -0.3 is 4.40 Å². The van der Waals surface area contributed by atoms with Crippen LogP contribution in [0, 0.1) is 0 Å². The second kappa shape index (κ2) is 4.15. The molecule has 0 atom stereocenters. The van der Waals surface area contributed by atoms with Gasteiger partial charge >= 0.3 is 0 Å². The Hall–Kier alpha value is -1.34. The number of fused-ring (bicyclic) bond motifs is 1. The van der Waals surface area contributed by atoms with E-state index in [0.717, 1.165) is 20.2 Å². The summed E-state index contributed by atoms with van der Waals surface area (Å²) in [6.07, 6.45) is 9.31. The number of aromatic nitrogens is 5. The van der Waals surface area contributed by atoms with Crippen molar-refractivity contribution in [3.05, 3.63) is 35.6 Å². The maximum absolute atomic E-state index is 4.44. The fraction of sp³-hybridized carbons (Fsp3) is 0.100. The molecule has 0 aromatic carbocycles.